The third-order valence-corrected chi connectivity index (χ3v) is 4.97. The van der Waals surface area contributed by atoms with Crippen LogP contribution in [0.2, 0.25) is 0 Å². The molecular weight excluding hydrogens is 318 g/mol. The Labute approximate surface area is 147 Å². The number of fused-ring (bicyclic) bond motifs is 1. The molecule has 1 aromatic heterocycles. The molecule has 2 atom stereocenters. The molecule has 0 N–H and O–H groups in total. The van der Waals surface area contributed by atoms with Gasteiger partial charge in [0.25, 0.3) is 5.91 Å². The summed E-state index contributed by atoms with van der Waals surface area (Å²) in [5, 5.41) is 4.13. The molecule has 25 heavy (non-hydrogen) atoms. The standard InChI is InChI=1S/C19H23N3O3/c1-12(2)18-20-17(21-25-18)14-7-5-9-22(11-14)19(23)16-10-13-6-3-4-8-15(13)24-16/h3-4,6,8,12,14,16H,5,7,9-11H2,1-2H3/t14-,16-/m0/s1. The van der Waals surface area contributed by atoms with E-state index in [1.807, 2.05) is 43.0 Å². The minimum atomic E-state index is -0.410. The Morgan fingerprint density at radius 1 is 1.32 bits per heavy atom. The number of nitrogens with zero attached hydrogens (tertiary/aromatic N) is 3. The van der Waals surface area contributed by atoms with Gasteiger partial charge < -0.3 is 14.2 Å². The topological polar surface area (TPSA) is 68.5 Å². The van der Waals surface area contributed by atoms with Crippen molar-refractivity contribution in [1.29, 1.82) is 0 Å². The van der Waals surface area contributed by atoms with Crippen molar-refractivity contribution in [2.24, 2.45) is 0 Å². The number of amides is 1. The Kier molecular flexibility index (Phi) is 4.19. The molecular formula is C19H23N3O3. The van der Waals surface area contributed by atoms with E-state index >= 15 is 0 Å². The van der Waals surface area contributed by atoms with Crippen molar-refractivity contribution in [2.75, 3.05) is 13.1 Å². The van der Waals surface area contributed by atoms with Crippen molar-refractivity contribution in [3.8, 4) is 5.75 Å². The van der Waals surface area contributed by atoms with Gasteiger partial charge in [-0.2, -0.15) is 4.98 Å². The van der Waals surface area contributed by atoms with Crippen LogP contribution in [0.5, 0.6) is 5.75 Å². The number of hydrogen-bond donors (Lipinski definition) is 0. The van der Waals surface area contributed by atoms with E-state index in [1.165, 1.54) is 0 Å². The van der Waals surface area contributed by atoms with Crippen molar-refractivity contribution >= 4 is 5.91 Å². The van der Waals surface area contributed by atoms with E-state index in [9.17, 15) is 4.79 Å². The second kappa shape index (κ2) is 6.50. The highest BCUT2D eigenvalue weighted by Crippen LogP contribution is 2.31. The van der Waals surface area contributed by atoms with Gasteiger partial charge in [0.1, 0.15) is 5.75 Å². The fraction of sp³-hybridized carbons (Fsp3) is 0.526. The molecule has 6 nitrogen and oxygen atoms in total. The molecule has 132 valence electrons. The minimum absolute atomic E-state index is 0.0634. The van der Waals surface area contributed by atoms with Gasteiger partial charge in [-0.05, 0) is 24.5 Å². The van der Waals surface area contributed by atoms with Gasteiger partial charge in [0.05, 0.1) is 0 Å². The first-order valence-corrected chi connectivity index (χ1v) is 8.98. The Morgan fingerprint density at radius 3 is 2.92 bits per heavy atom. The Balaban J connectivity index is 1.43. The van der Waals surface area contributed by atoms with E-state index in [0.29, 0.717) is 18.9 Å². The first-order chi connectivity index (χ1) is 12.1. The van der Waals surface area contributed by atoms with E-state index < -0.39 is 6.10 Å². The molecule has 0 radical (unpaired) electrons. The van der Waals surface area contributed by atoms with E-state index in [1.54, 1.807) is 0 Å². The number of carbonyl (C=O) groups excluding carboxylic acids is 1. The number of para-hydroxylation sites is 1. The molecule has 2 aromatic rings. The largest absolute Gasteiger partial charge is 0.480 e. The van der Waals surface area contributed by atoms with Gasteiger partial charge in [0.15, 0.2) is 11.9 Å². The van der Waals surface area contributed by atoms with Crippen LogP contribution < -0.4 is 4.74 Å². The third kappa shape index (κ3) is 3.13. The first-order valence-electron chi connectivity index (χ1n) is 8.98. The minimum Gasteiger partial charge on any atom is -0.480 e. The smallest absolute Gasteiger partial charge is 0.264 e. The van der Waals surface area contributed by atoms with Crippen LogP contribution in [-0.2, 0) is 11.2 Å². The van der Waals surface area contributed by atoms with Gasteiger partial charge >= 0.3 is 0 Å². The van der Waals surface area contributed by atoms with Crippen molar-refractivity contribution in [2.45, 2.75) is 51.0 Å². The van der Waals surface area contributed by atoms with E-state index in [4.69, 9.17) is 9.26 Å². The molecule has 0 spiro atoms. The van der Waals surface area contributed by atoms with Gasteiger partial charge in [-0.25, -0.2) is 0 Å². The Hall–Kier alpha value is -2.37. The number of piperidine rings is 1. The SMILES string of the molecule is CC(C)c1nc([C@H]2CCCN(C(=O)[C@@H]3Cc4ccccc4O3)C2)no1. The summed E-state index contributed by atoms with van der Waals surface area (Å²) < 4.78 is 11.2. The highest BCUT2D eigenvalue weighted by molar-refractivity contribution is 5.82. The Bertz CT molecular complexity index is 746. The quantitative estimate of drug-likeness (QED) is 0.858. The molecule has 1 saturated heterocycles. The van der Waals surface area contributed by atoms with Gasteiger partial charge in [-0.1, -0.05) is 37.2 Å². The summed E-state index contributed by atoms with van der Waals surface area (Å²) in [5.74, 6) is 2.62. The summed E-state index contributed by atoms with van der Waals surface area (Å²) in [6, 6.07) is 7.86. The monoisotopic (exact) mass is 341 g/mol. The molecule has 1 amide bonds. The Morgan fingerprint density at radius 2 is 2.16 bits per heavy atom. The first kappa shape index (κ1) is 16.1. The molecule has 0 bridgehead atoms. The van der Waals surface area contributed by atoms with Crippen molar-refractivity contribution < 1.29 is 14.1 Å². The highest BCUT2D eigenvalue weighted by Gasteiger charge is 2.35. The average Bonchev–Trinajstić information content (AvgIpc) is 3.28. The van der Waals surface area contributed by atoms with Crippen LogP contribution in [0.15, 0.2) is 28.8 Å². The fourth-order valence-corrected chi connectivity index (χ4v) is 3.56. The molecule has 3 heterocycles. The summed E-state index contributed by atoms with van der Waals surface area (Å²) >= 11 is 0. The maximum absolute atomic E-state index is 12.9. The molecule has 1 fully saturated rings. The molecule has 1 aromatic carbocycles. The van der Waals surface area contributed by atoms with E-state index in [0.717, 1.165) is 36.5 Å². The van der Waals surface area contributed by atoms with E-state index in [2.05, 4.69) is 10.1 Å². The van der Waals surface area contributed by atoms with Crippen LogP contribution >= 0.6 is 0 Å². The molecule has 4 rings (SSSR count). The van der Waals surface area contributed by atoms with Gasteiger partial charge in [0, 0.05) is 31.3 Å². The molecule has 2 aliphatic heterocycles. The van der Waals surface area contributed by atoms with E-state index in [-0.39, 0.29) is 17.7 Å². The second-order valence-electron chi connectivity index (χ2n) is 7.19. The number of likely N-dealkylation sites (tertiary alicyclic amines) is 1. The fourth-order valence-electron chi connectivity index (χ4n) is 3.56. The normalized spacial score (nSPS) is 22.8. The summed E-state index contributed by atoms with van der Waals surface area (Å²) in [7, 11) is 0. The van der Waals surface area contributed by atoms with Crippen LogP contribution in [0, 0.1) is 0 Å². The third-order valence-electron chi connectivity index (χ3n) is 4.97. The average molecular weight is 341 g/mol. The van der Waals surface area contributed by atoms with Crippen molar-refractivity contribution in [3.63, 3.8) is 0 Å². The molecule has 0 unspecified atom stereocenters. The van der Waals surface area contributed by atoms with Crippen LogP contribution in [0.1, 0.15) is 55.8 Å². The highest BCUT2D eigenvalue weighted by atomic mass is 16.5. The number of ether oxygens (including phenoxy) is 1. The van der Waals surface area contributed by atoms with Gasteiger partial charge in [0.2, 0.25) is 5.89 Å². The van der Waals surface area contributed by atoms with Crippen LogP contribution in [0.25, 0.3) is 0 Å². The number of aromatic nitrogens is 2. The zero-order valence-electron chi connectivity index (χ0n) is 14.6. The van der Waals surface area contributed by atoms with Crippen molar-refractivity contribution in [1.82, 2.24) is 15.0 Å². The number of carbonyl (C=O) groups is 1. The summed E-state index contributed by atoms with van der Waals surface area (Å²) in [4.78, 5) is 19.3. The number of rotatable bonds is 3. The number of benzene rings is 1. The lowest BCUT2D eigenvalue weighted by Crippen LogP contribution is -2.46. The zero-order valence-corrected chi connectivity index (χ0v) is 14.6. The summed E-state index contributed by atoms with van der Waals surface area (Å²) in [6.07, 6.45) is 2.16. The summed E-state index contributed by atoms with van der Waals surface area (Å²) in [5.41, 5.74) is 1.11. The van der Waals surface area contributed by atoms with Crippen LogP contribution in [0.3, 0.4) is 0 Å². The zero-order chi connectivity index (χ0) is 17.4. The van der Waals surface area contributed by atoms with Gasteiger partial charge in [-0.15, -0.1) is 0 Å². The predicted octanol–water partition coefficient (Wildman–Crippen LogP) is 2.90. The lowest BCUT2D eigenvalue weighted by molar-refractivity contribution is -0.139. The molecule has 2 aliphatic rings. The molecule has 0 saturated carbocycles. The van der Waals surface area contributed by atoms with Crippen LogP contribution in [-0.4, -0.2) is 40.1 Å². The van der Waals surface area contributed by atoms with Gasteiger partial charge in [-0.3, -0.25) is 4.79 Å². The molecule has 6 heteroatoms. The number of hydrogen-bond acceptors (Lipinski definition) is 5. The summed E-state index contributed by atoms with van der Waals surface area (Å²) in [6.45, 7) is 5.46. The maximum Gasteiger partial charge on any atom is 0.264 e. The molecule has 0 aliphatic carbocycles. The lowest BCUT2D eigenvalue weighted by atomic mass is 9.96. The predicted molar refractivity (Wildman–Crippen MR) is 91.5 cm³/mol. The lowest BCUT2D eigenvalue weighted by Gasteiger charge is -2.32. The second-order valence-corrected chi connectivity index (χ2v) is 7.19. The van der Waals surface area contributed by atoms with Crippen molar-refractivity contribution in [3.05, 3.63) is 41.5 Å². The maximum atomic E-state index is 12.9. The van der Waals surface area contributed by atoms with Crippen LogP contribution in [0.4, 0.5) is 0 Å².